The average molecular weight is 968 g/mol. The number of nitrogens with one attached hydrogen (secondary N) is 1. The Morgan fingerprint density at radius 1 is 0.873 bits per heavy atom. The number of hydrogen-bond acceptors (Lipinski definition) is 10. The third-order valence-electron chi connectivity index (χ3n) is 15.7. The smallest absolute Gasteiger partial charge is 0.412 e. The van der Waals surface area contributed by atoms with Crippen LogP contribution in [0.25, 0.3) is 10.8 Å². The van der Waals surface area contributed by atoms with Gasteiger partial charge in [0.05, 0.1) is 24.8 Å². The van der Waals surface area contributed by atoms with Crippen LogP contribution in [0.2, 0.25) is 0 Å². The Bertz CT molecular complexity index is 2480. The van der Waals surface area contributed by atoms with Gasteiger partial charge in [-0.1, -0.05) is 129 Å². The fourth-order valence-electron chi connectivity index (χ4n) is 12.3. The van der Waals surface area contributed by atoms with Gasteiger partial charge >= 0.3 is 6.09 Å². The molecule has 9 rings (SSSR count). The van der Waals surface area contributed by atoms with Gasteiger partial charge in [-0.25, -0.2) is 4.79 Å². The van der Waals surface area contributed by atoms with E-state index in [9.17, 15) is 15.0 Å². The van der Waals surface area contributed by atoms with Crippen LogP contribution in [0.1, 0.15) is 125 Å². The summed E-state index contributed by atoms with van der Waals surface area (Å²) in [6.07, 6.45) is 16.3. The SMILES string of the molecule is C=CCO[C@@]12Oc3ccc(OC(=O)NCc4ccccc4)cc3[C@H]3[C@H](CCCCO)[C@@H](CCCCO)C=C(C(=NOC4CCCCO4)C[C@@H]1N(Cc1cccc4ccccc14)C(=O)CCC1CCCC1)[C@H]32. The van der Waals surface area contributed by atoms with Crippen molar-refractivity contribution < 1.29 is 43.6 Å². The van der Waals surface area contributed by atoms with E-state index in [1.165, 1.54) is 12.8 Å². The summed E-state index contributed by atoms with van der Waals surface area (Å²) in [5.74, 6) is -0.705. The van der Waals surface area contributed by atoms with Crippen molar-refractivity contribution >= 4 is 28.5 Å². The number of oxime groups is 1. The lowest BCUT2D eigenvalue weighted by molar-refractivity contribution is -0.258. The molecule has 12 heteroatoms. The fourth-order valence-corrected chi connectivity index (χ4v) is 12.3. The first kappa shape index (κ1) is 50.4. The monoisotopic (exact) mass is 968 g/mol. The van der Waals surface area contributed by atoms with Crippen molar-refractivity contribution in [2.75, 3.05) is 26.4 Å². The Labute approximate surface area is 419 Å². The zero-order valence-electron chi connectivity index (χ0n) is 41.3. The molecule has 0 spiro atoms. The predicted molar refractivity (Wildman–Crippen MR) is 275 cm³/mol. The molecular formula is C59H73N3O9. The van der Waals surface area contributed by atoms with Gasteiger partial charge in [0.1, 0.15) is 17.5 Å². The molecule has 71 heavy (non-hydrogen) atoms. The van der Waals surface area contributed by atoms with Gasteiger partial charge in [-0.3, -0.25) is 4.79 Å². The van der Waals surface area contributed by atoms with Crippen molar-refractivity contribution in [2.45, 2.75) is 140 Å². The normalized spacial score (nSPS) is 25.4. The molecule has 1 saturated heterocycles. The Kier molecular flexibility index (Phi) is 17.2. The summed E-state index contributed by atoms with van der Waals surface area (Å²) in [6, 6.07) is 29.2. The third kappa shape index (κ3) is 11.7. The quantitative estimate of drug-likeness (QED) is 0.0398. The molecule has 4 aromatic rings. The number of nitrogens with zero attached hydrogens (tertiary/aromatic N) is 2. The van der Waals surface area contributed by atoms with Crippen LogP contribution in [0.5, 0.6) is 11.5 Å². The zero-order chi connectivity index (χ0) is 49.0. The summed E-state index contributed by atoms with van der Waals surface area (Å²) < 4.78 is 27.0. The Balaban J connectivity index is 1.21. The number of fused-ring (bicyclic) bond motifs is 3. The van der Waals surface area contributed by atoms with Crippen molar-refractivity contribution in [3.63, 3.8) is 0 Å². The zero-order valence-corrected chi connectivity index (χ0v) is 41.3. The largest absolute Gasteiger partial charge is 0.459 e. The summed E-state index contributed by atoms with van der Waals surface area (Å²) in [7, 11) is 0. The molecule has 12 nitrogen and oxygen atoms in total. The highest BCUT2D eigenvalue weighted by molar-refractivity contribution is 6.03. The maximum Gasteiger partial charge on any atom is 0.412 e. The lowest BCUT2D eigenvalue weighted by atomic mass is 9.55. The minimum atomic E-state index is -1.44. The van der Waals surface area contributed by atoms with Crippen LogP contribution < -0.4 is 14.8 Å². The molecule has 2 heterocycles. The molecule has 4 aromatic carbocycles. The highest BCUT2D eigenvalue weighted by atomic mass is 16.8. The van der Waals surface area contributed by atoms with E-state index >= 15 is 4.79 Å². The van der Waals surface area contributed by atoms with E-state index in [2.05, 4.69) is 48.3 Å². The van der Waals surface area contributed by atoms with Crippen LogP contribution in [0, 0.1) is 23.7 Å². The maximum absolute atomic E-state index is 15.6. The van der Waals surface area contributed by atoms with E-state index in [4.69, 9.17) is 28.9 Å². The van der Waals surface area contributed by atoms with Gasteiger partial charge in [-0.15, -0.1) is 6.58 Å². The number of allylic oxidation sites excluding steroid dienone is 1. The standard InChI is InChI=1S/C59H73N3O9/c1-2-34-68-59-53(62(54(65)31-28-41-17-6-7-18-41)40-45-24-16-23-43-21-8-9-25-47(43)45)38-51(61-71-55-27-12-15-35-67-55)49-36-44(22-10-13-32-63)48(26-11-14-33-64)56(57(49)59)50-37-46(29-30-52(50)70-59)69-58(66)60-39-42-19-4-3-5-20-42/h2-5,8-9,16,19-21,23-25,29-30,36-37,41,44,48,53,55-57,63-64H,1,6-7,10-15,17-18,22,26-28,31-35,38-40H2,(H,60,66)/t44-,48+,53-,55?,56+,57+,59+/m0/s1. The van der Waals surface area contributed by atoms with E-state index in [-0.39, 0.29) is 49.9 Å². The molecule has 5 aliphatic rings. The van der Waals surface area contributed by atoms with Crippen LogP contribution in [0.4, 0.5) is 4.79 Å². The van der Waals surface area contributed by atoms with E-state index < -0.39 is 30.1 Å². The van der Waals surface area contributed by atoms with Gasteiger partial charge in [0.15, 0.2) is 0 Å². The van der Waals surface area contributed by atoms with Crippen LogP contribution in [0.15, 0.2) is 120 Å². The van der Waals surface area contributed by atoms with Crippen LogP contribution >= 0.6 is 0 Å². The van der Waals surface area contributed by atoms with E-state index in [0.29, 0.717) is 56.4 Å². The fraction of sp³-hybridized carbons (Fsp3) is 0.508. The first-order valence-electron chi connectivity index (χ1n) is 26.5. The number of carbonyl (C=O) groups excluding carboxylic acids is 2. The second kappa shape index (κ2) is 24.3. The molecule has 3 N–H and O–H groups in total. The molecule has 3 aliphatic carbocycles. The molecule has 2 aliphatic heterocycles. The maximum atomic E-state index is 15.6. The summed E-state index contributed by atoms with van der Waals surface area (Å²) in [5, 5.41) is 30.4. The van der Waals surface area contributed by atoms with Crippen molar-refractivity contribution in [3.05, 3.63) is 132 Å². The Morgan fingerprint density at radius 2 is 1.65 bits per heavy atom. The third-order valence-corrected chi connectivity index (χ3v) is 15.7. The minimum Gasteiger partial charge on any atom is -0.459 e. The lowest BCUT2D eigenvalue weighted by Gasteiger charge is -2.60. The summed E-state index contributed by atoms with van der Waals surface area (Å²) >= 11 is 0. The van der Waals surface area contributed by atoms with Gasteiger partial charge < -0.3 is 44.2 Å². The molecule has 2 amide bonds. The average Bonchev–Trinajstić information content (AvgIpc) is 3.93. The number of benzene rings is 4. The topological polar surface area (TPSA) is 148 Å². The number of carbonyl (C=O) groups is 2. The van der Waals surface area contributed by atoms with Gasteiger partial charge in [-0.2, -0.15) is 0 Å². The van der Waals surface area contributed by atoms with Crippen molar-refractivity contribution in [1.29, 1.82) is 0 Å². The molecule has 378 valence electrons. The summed E-state index contributed by atoms with van der Waals surface area (Å²) in [4.78, 5) is 37.5. The van der Waals surface area contributed by atoms with Crippen molar-refractivity contribution in [3.8, 4) is 11.5 Å². The molecule has 1 unspecified atom stereocenters. The van der Waals surface area contributed by atoms with Gasteiger partial charge in [-0.05, 0) is 108 Å². The van der Waals surface area contributed by atoms with Crippen LogP contribution in [-0.4, -0.2) is 77.4 Å². The minimum absolute atomic E-state index is 0.00214. The number of ether oxygens (including phenoxy) is 4. The number of rotatable bonds is 22. The van der Waals surface area contributed by atoms with Gasteiger partial charge in [0.25, 0.3) is 0 Å². The van der Waals surface area contributed by atoms with Gasteiger partial charge in [0, 0.05) is 57.0 Å². The molecular weight excluding hydrogens is 895 g/mol. The number of unbranched alkanes of at least 4 members (excludes halogenated alkanes) is 2. The summed E-state index contributed by atoms with van der Waals surface area (Å²) in [6.45, 7) is 5.67. The first-order valence-corrected chi connectivity index (χ1v) is 26.5. The van der Waals surface area contributed by atoms with E-state index in [1.807, 2.05) is 59.5 Å². The number of aliphatic hydroxyl groups excluding tert-OH is 2. The number of hydrogen-bond donors (Lipinski definition) is 3. The van der Waals surface area contributed by atoms with Crippen molar-refractivity contribution in [1.82, 2.24) is 10.2 Å². The predicted octanol–water partition coefficient (Wildman–Crippen LogP) is 11.3. The lowest BCUT2D eigenvalue weighted by Crippen LogP contribution is -2.70. The first-order chi connectivity index (χ1) is 34.9. The number of amides is 2. The molecule has 3 fully saturated rings. The molecule has 0 radical (unpaired) electrons. The van der Waals surface area contributed by atoms with Crippen molar-refractivity contribution in [2.24, 2.45) is 28.8 Å². The van der Waals surface area contributed by atoms with E-state index in [0.717, 1.165) is 103 Å². The van der Waals surface area contributed by atoms with E-state index in [1.54, 1.807) is 12.1 Å². The van der Waals surface area contributed by atoms with Gasteiger partial charge in [0.2, 0.25) is 18.0 Å². The molecule has 0 aromatic heterocycles. The Morgan fingerprint density at radius 3 is 2.44 bits per heavy atom. The molecule has 2 saturated carbocycles. The summed E-state index contributed by atoms with van der Waals surface area (Å²) in [5.41, 5.74) is 4.52. The number of aliphatic hydroxyl groups is 2. The highest BCUT2D eigenvalue weighted by Crippen LogP contribution is 2.62. The molecule has 7 atom stereocenters. The second-order valence-corrected chi connectivity index (χ2v) is 20.3. The second-order valence-electron chi connectivity index (χ2n) is 20.3. The van der Waals surface area contributed by atoms with Crippen LogP contribution in [0.3, 0.4) is 0 Å². The molecule has 0 bridgehead atoms. The Hall–Kier alpha value is -5.53. The van der Waals surface area contributed by atoms with Crippen LogP contribution in [-0.2, 0) is 32.2 Å². The highest BCUT2D eigenvalue weighted by Gasteiger charge is 2.65.